The number of sulfonamides is 1. The van der Waals surface area contributed by atoms with Crippen LogP contribution >= 0.6 is 0 Å². The first-order valence-corrected chi connectivity index (χ1v) is 4.11. The number of hydrogen-bond acceptors (Lipinski definition) is 2. The van der Waals surface area contributed by atoms with Crippen molar-refractivity contribution in [3.8, 4) is 0 Å². The van der Waals surface area contributed by atoms with Crippen molar-refractivity contribution in [1.29, 1.82) is 0 Å². The highest BCUT2D eigenvalue weighted by atomic mass is 32.2. The Balaban J connectivity index is 2.73. The third-order valence-corrected chi connectivity index (χ3v) is 3.56. The highest BCUT2D eigenvalue weighted by Crippen LogP contribution is 2.28. The first-order valence-electron chi connectivity index (χ1n) is 2.61. The predicted molar refractivity (Wildman–Crippen MR) is 30.8 cm³/mol. The molecule has 3 nitrogen and oxygen atoms in total. The normalized spacial score (nSPS) is 41.8. The number of nitrogens with zero attached hydrogens (tertiary/aromatic N) is 1. The van der Waals surface area contributed by atoms with Crippen LogP contribution in [0.25, 0.3) is 0 Å². The van der Waals surface area contributed by atoms with Gasteiger partial charge in [0.1, 0.15) is 5.37 Å². The Morgan fingerprint density at radius 3 is 2.00 bits per heavy atom. The Morgan fingerprint density at radius 1 is 1.62 bits per heavy atom. The molecule has 0 aromatic rings. The van der Waals surface area contributed by atoms with E-state index in [1.807, 2.05) is 6.92 Å². The summed E-state index contributed by atoms with van der Waals surface area (Å²) < 4.78 is 22.6. The smallest absolute Gasteiger partial charge is 0.210 e. The van der Waals surface area contributed by atoms with E-state index >= 15 is 0 Å². The Bertz CT molecular complexity index is 184. The molecule has 1 aliphatic rings. The van der Waals surface area contributed by atoms with Crippen LogP contribution in [0.15, 0.2) is 0 Å². The van der Waals surface area contributed by atoms with Gasteiger partial charge in [-0.3, -0.25) is 0 Å². The van der Waals surface area contributed by atoms with Crippen molar-refractivity contribution in [2.24, 2.45) is 0 Å². The van der Waals surface area contributed by atoms with Gasteiger partial charge in [-0.2, -0.15) is 4.31 Å². The molecule has 48 valence electrons. The summed E-state index contributed by atoms with van der Waals surface area (Å²) in [5.74, 6) is 0. The van der Waals surface area contributed by atoms with Gasteiger partial charge in [-0.1, -0.05) is 6.92 Å². The lowest BCUT2D eigenvalue weighted by atomic mass is 10.7. The Labute approximate surface area is 49.3 Å². The molecule has 0 saturated carbocycles. The molecule has 1 fully saturated rings. The van der Waals surface area contributed by atoms with E-state index in [1.54, 1.807) is 6.92 Å². The van der Waals surface area contributed by atoms with E-state index in [1.165, 1.54) is 4.31 Å². The van der Waals surface area contributed by atoms with Gasteiger partial charge in [0.2, 0.25) is 10.0 Å². The molecule has 1 rings (SSSR count). The largest absolute Gasteiger partial charge is 0.232 e. The predicted octanol–water partition coefficient (Wildman–Crippen LogP) is -0.00230. The lowest BCUT2D eigenvalue weighted by molar-refractivity contribution is 0.555. The molecule has 0 radical (unpaired) electrons. The van der Waals surface area contributed by atoms with Crippen LogP contribution in [0.3, 0.4) is 0 Å². The summed E-state index contributed by atoms with van der Waals surface area (Å²) in [7, 11) is -2.75. The third kappa shape index (κ3) is 0.563. The summed E-state index contributed by atoms with van der Waals surface area (Å²) in [6, 6.07) is 0. The average Bonchev–Trinajstić information content (AvgIpc) is 2.09. The van der Waals surface area contributed by atoms with Crippen molar-refractivity contribution < 1.29 is 8.42 Å². The standard InChI is InChI=1S/C4H9NO2S/c1-3-5-4(2)8(5,6)7/h4H,3H2,1-2H3. The summed E-state index contributed by atoms with van der Waals surface area (Å²) >= 11 is 0. The summed E-state index contributed by atoms with van der Waals surface area (Å²) in [6.45, 7) is 4.14. The van der Waals surface area contributed by atoms with Crippen LogP contribution in [0.2, 0.25) is 0 Å². The van der Waals surface area contributed by atoms with Gasteiger partial charge in [-0.15, -0.1) is 0 Å². The van der Waals surface area contributed by atoms with Crippen molar-refractivity contribution in [3.05, 3.63) is 0 Å². The van der Waals surface area contributed by atoms with Gasteiger partial charge in [0.25, 0.3) is 0 Å². The van der Waals surface area contributed by atoms with Gasteiger partial charge >= 0.3 is 0 Å². The zero-order valence-electron chi connectivity index (χ0n) is 4.96. The van der Waals surface area contributed by atoms with E-state index in [2.05, 4.69) is 0 Å². The van der Waals surface area contributed by atoms with E-state index in [0.29, 0.717) is 6.54 Å². The van der Waals surface area contributed by atoms with Gasteiger partial charge < -0.3 is 0 Å². The zero-order valence-corrected chi connectivity index (χ0v) is 5.77. The number of rotatable bonds is 1. The van der Waals surface area contributed by atoms with Gasteiger partial charge in [0.15, 0.2) is 0 Å². The fourth-order valence-corrected chi connectivity index (χ4v) is 2.21. The van der Waals surface area contributed by atoms with Crippen LogP contribution in [-0.2, 0) is 10.0 Å². The summed E-state index contributed by atoms with van der Waals surface area (Å²) in [6.07, 6.45) is 0. The van der Waals surface area contributed by atoms with Crippen LogP contribution in [0, 0.1) is 0 Å². The van der Waals surface area contributed by atoms with E-state index < -0.39 is 10.0 Å². The van der Waals surface area contributed by atoms with Gasteiger partial charge in [0, 0.05) is 6.54 Å². The molecule has 1 heterocycles. The number of hydrogen-bond donors (Lipinski definition) is 0. The molecule has 0 aromatic heterocycles. The van der Waals surface area contributed by atoms with Crippen LogP contribution < -0.4 is 0 Å². The van der Waals surface area contributed by atoms with Crippen molar-refractivity contribution in [1.82, 2.24) is 4.31 Å². The highest BCUT2D eigenvalue weighted by molar-refractivity contribution is 7.95. The Hall–Kier alpha value is -0.0900. The maximum absolute atomic E-state index is 10.6. The van der Waals surface area contributed by atoms with E-state index in [-0.39, 0.29) is 5.37 Å². The maximum Gasteiger partial charge on any atom is 0.232 e. The second-order valence-electron chi connectivity index (χ2n) is 1.85. The molecule has 0 amide bonds. The second-order valence-corrected chi connectivity index (χ2v) is 4.03. The molecule has 8 heavy (non-hydrogen) atoms. The topological polar surface area (TPSA) is 37.1 Å². The lowest BCUT2D eigenvalue weighted by Gasteiger charge is -1.81. The van der Waals surface area contributed by atoms with E-state index in [0.717, 1.165) is 0 Å². The minimum absolute atomic E-state index is 0.215. The highest BCUT2D eigenvalue weighted by Gasteiger charge is 2.49. The molecule has 0 N–H and O–H groups in total. The van der Waals surface area contributed by atoms with Gasteiger partial charge in [-0.25, -0.2) is 8.42 Å². The first-order chi connectivity index (χ1) is 3.60. The minimum atomic E-state index is -2.75. The first kappa shape index (κ1) is 6.04. The molecule has 0 spiro atoms. The Kier molecular flexibility index (Phi) is 1.09. The monoisotopic (exact) mass is 135 g/mol. The van der Waals surface area contributed by atoms with Crippen molar-refractivity contribution in [2.45, 2.75) is 19.2 Å². The SMILES string of the molecule is CCN1C(C)S1(=O)=O. The fraction of sp³-hybridized carbons (Fsp3) is 1.00. The van der Waals surface area contributed by atoms with Crippen LogP contribution in [0.5, 0.6) is 0 Å². The molecule has 2 unspecified atom stereocenters. The zero-order chi connectivity index (χ0) is 6.36. The van der Waals surface area contributed by atoms with Gasteiger partial charge in [-0.05, 0) is 6.92 Å². The molecule has 0 aliphatic carbocycles. The molecule has 1 saturated heterocycles. The molecule has 0 bridgehead atoms. The average molecular weight is 135 g/mol. The fourth-order valence-electron chi connectivity index (χ4n) is 0.788. The Morgan fingerprint density at radius 2 is 2.00 bits per heavy atom. The molecule has 0 aromatic carbocycles. The van der Waals surface area contributed by atoms with Crippen molar-refractivity contribution >= 4 is 10.0 Å². The summed E-state index contributed by atoms with van der Waals surface area (Å²) in [4.78, 5) is 0. The molecule has 4 heteroatoms. The summed E-state index contributed by atoms with van der Waals surface area (Å²) in [5.41, 5.74) is 0. The van der Waals surface area contributed by atoms with Crippen molar-refractivity contribution in [3.63, 3.8) is 0 Å². The van der Waals surface area contributed by atoms with Crippen molar-refractivity contribution in [2.75, 3.05) is 6.54 Å². The lowest BCUT2D eigenvalue weighted by Crippen LogP contribution is -1.96. The molecule has 2 atom stereocenters. The second kappa shape index (κ2) is 1.45. The quantitative estimate of drug-likeness (QED) is 0.474. The van der Waals surface area contributed by atoms with E-state index in [4.69, 9.17) is 0 Å². The van der Waals surface area contributed by atoms with Crippen LogP contribution in [0.1, 0.15) is 13.8 Å². The van der Waals surface area contributed by atoms with Crippen LogP contribution in [-0.4, -0.2) is 24.6 Å². The molecular weight excluding hydrogens is 126 g/mol. The van der Waals surface area contributed by atoms with Gasteiger partial charge in [0.05, 0.1) is 0 Å². The third-order valence-electron chi connectivity index (χ3n) is 1.43. The summed E-state index contributed by atoms with van der Waals surface area (Å²) in [5, 5.41) is -0.215. The maximum atomic E-state index is 10.6. The van der Waals surface area contributed by atoms with E-state index in [9.17, 15) is 8.42 Å². The van der Waals surface area contributed by atoms with Crippen LogP contribution in [0.4, 0.5) is 0 Å². The minimum Gasteiger partial charge on any atom is -0.210 e. The molecule has 1 aliphatic heterocycles. The molecular formula is C4H9NO2S.